The molecule has 0 unspecified atom stereocenters. The number of fused-ring (bicyclic) bond motifs is 1. The van der Waals surface area contributed by atoms with Crippen molar-refractivity contribution in [2.45, 2.75) is 57.2 Å². The molecule has 1 amide bonds. The van der Waals surface area contributed by atoms with Crippen molar-refractivity contribution in [3.05, 3.63) is 29.3 Å². The van der Waals surface area contributed by atoms with Crippen molar-refractivity contribution < 1.29 is 28.8 Å². The van der Waals surface area contributed by atoms with E-state index in [1.807, 2.05) is 0 Å². The zero-order chi connectivity index (χ0) is 18.2. The topological polar surface area (TPSA) is 86.3 Å². The fraction of sp³-hybridized carbons (Fsp3) is 0.588. The molecule has 2 fully saturated rings. The molecular formula is C17H22ClNO6. The minimum atomic E-state index is -1.01. The minimum absolute atomic E-state index is 0.252. The summed E-state index contributed by atoms with van der Waals surface area (Å²) in [7, 11) is 0. The van der Waals surface area contributed by atoms with Gasteiger partial charge in [-0.25, -0.2) is 0 Å². The number of hydrogen-bond acceptors (Lipinski definition) is 6. The highest BCUT2D eigenvalue weighted by atomic mass is 35.5. The minimum Gasteiger partial charge on any atom is -0.463 e. The summed E-state index contributed by atoms with van der Waals surface area (Å²) in [5, 5.41) is 14.0. The monoisotopic (exact) mass is 371 g/mol. The number of aliphatic hydroxyl groups is 1. The van der Waals surface area contributed by atoms with Crippen LogP contribution in [0.25, 0.3) is 0 Å². The molecular weight excluding hydrogens is 350 g/mol. The van der Waals surface area contributed by atoms with E-state index in [0.29, 0.717) is 10.8 Å². The van der Waals surface area contributed by atoms with E-state index in [0.717, 1.165) is 0 Å². The van der Waals surface area contributed by atoms with Gasteiger partial charge in [0.1, 0.15) is 30.1 Å². The molecule has 0 radical (unpaired) electrons. The molecule has 2 heterocycles. The Morgan fingerprint density at radius 1 is 1.36 bits per heavy atom. The molecule has 5 atom stereocenters. The van der Waals surface area contributed by atoms with Crippen molar-refractivity contribution in [3.8, 4) is 5.75 Å². The summed E-state index contributed by atoms with van der Waals surface area (Å²) < 4.78 is 23.1. The first kappa shape index (κ1) is 18.4. The Hall–Kier alpha value is -1.38. The van der Waals surface area contributed by atoms with Gasteiger partial charge in [-0.05, 0) is 38.1 Å². The second kappa shape index (κ2) is 7.09. The molecule has 2 aliphatic heterocycles. The van der Waals surface area contributed by atoms with Crippen molar-refractivity contribution >= 4 is 17.5 Å². The number of amides is 1. The molecule has 0 spiro atoms. The highest BCUT2D eigenvalue weighted by Crippen LogP contribution is 2.33. The molecule has 3 rings (SSSR count). The summed E-state index contributed by atoms with van der Waals surface area (Å²) in [4.78, 5) is 11.6. The lowest BCUT2D eigenvalue weighted by Gasteiger charge is -2.49. The van der Waals surface area contributed by atoms with E-state index in [-0.39, 0.29) is 12.5 Å². The van der Waals surface area contributed by atoms with Crippen LogP contribution < -0.4 is 10.1 Å². The zero-order valence-corrected chi connectivity index (χ0v) is 15.0. The maximum absolute atomic E-state index is 11.6. The Morgan fingerprint density at radius 2 is 2.04 bits per heavy atom. The lowest BCUT2D eigenvalue weighted by Crippen LogP contribution is -2.69. The summed E-state index contributed by atoms with van der Waals surface area (Å²) in [6.45, 7) is 5.15. The van der Waals surface area contributed by atoms with Crippen LogP contribution in [0.1, 0.15) is 20.8 Å². The van der Waals surface area contributed by atoms with Gasteiger partial charge in [-0.15, -0.1) is 0 Å². The number of hydrogen-bond donors (Lipinski definition) is 2. The van der Waals surface area contributed by atoms with Gasteiger partial charge in [-0.2, -0.15) is 0 Å². The van der Waals surface area contributed by atoms with Gasteiger partial charge in [-0.3, -0.25) is 4.79 Å². The molecule has 25 heavy (non-hydrogen) atoms. The van der Waals surface area contributed by atoms with Crippen molar-refractivity contribution in [1.82, 2.24) is 5.32 Å². The quantitative estimate of drug-likeness (QED) is 0.836. The van der Waals surface area contributed by atoms with Crippen LogP contribution in [-0.4, -0.2) is 54.1 Å². The number of rotatable bonds is 3. The highest BCUT2D eigenvalue weighted by molar-refractivity contribution is 6.30. The van der Waals surface area contributed by atoms with Gasteiger partial charge in [0.05, 0.1) is 6.61 Å². The smallest absolute Gasteiger partial charge is 0.223 e. The first-order valence-electron chi connectivity index (χ1n) is 8.10. The van der Waals surface area contributed by atoms with Crippen molar-refractivity contribution in [3.63, 3.8) is 0 Å². The maximum Gasteiger partial charge on any atom is 0.223 e. The van der Waals surface area contributed by atoms with Crippen LogP contribution in [0.5, 0.6) is 5.75 Å². The fourth-order valence-electron chi connectivity index (χ4n) is 2.98. The summed E-state index contributed by atoms with van der Waals surface area (Å²) in [5.74, 6) is -0.633. The largest absolute Gasteiger partial charge is 0.463 e. The van der Waals surface area contributed by atoms with Gasteiger partial charge in [0.25, 0.3) is 0 Å². The van der Waals surface area contributed by atoms with E-state index in [4.69, 9.17) is 30.5 Å². The van der Waals surface area contributed by atoms with Crippen LogP contribution in [0.15, 0.2) is 24.3 Å². The van der Waals surface area contributed by atoms with E-state index in [1.54, 1.807) is 38.1 Å². The molecule has 138 valence electrons. The van der Waals surface area contributed by atoms with E-state index < -0.39 is 36.4 Å². The molecule has 1 aromatic carbocycles. The van der Waals surface area contributed by atoms with E-state index in [1.165, 1.54) is 6.92 Å². The second-order valence-corrected chi connectivity index (χ2v) is 7.06. The van der Waals surface area contributed by atoms with E-state index in [9.17, 15) is 9.90 Å². The molecule has 2 saturated heterocycles. The van der Waals surface area contributed by atoms with E-state index >= 15 is 0 Å². The summed E-state index contributed by atoms with van der Waals surface area (Å²) >= 11 is 5.88. The van der Waals surface area contributed by atoms with Crippen LogP contribution in [0.3, 0.4) is 0 Å². The first-order valence-corrected chi connectivity index (χ1v) is 8.47. The van der Waals surface area contributed by atoms with Gasteiger partial charge >= 0.3 is 0 Å². The van der Waals surface area contributed by atoms with Gasteiger partial charge in [-0.1, -0.05) is 11.6 Å². The van der Waals surface area contributed by atoms with Gasteiger partial charge < -0.3 is 29.4 Å². The summed E-state index contributed by atoms with van der Waals surface area (Å²) in [6, 6.07) is 5.95. The normalized spacial score (nSPS) is 34.0. The molecule has 7 nitrogen and oxygen atoms in total. The third-order valence-electron chi connectivity index (χ3n) is 4.12. The van der Waals surface area contributed by atoms with Gasteiger partial charge in [0.15, 0.2) is 5.79 Å². The van der Waals surface area contributed by atoms with Crippen LogP contribution in [0.4, 0.5) is 0 Å². The Labute approximate surface area is 151 Å². The van der Waals surface area contributed by atoms with Crippen molar-refractivity contribution in [2.75, 3.05) is 6.61 Å². The number of ether oxygens (including phenoxy) is 4. The third-order valence-corrected chi connectivity index (χ3v) is 4.38. The first-order chi connectivity index (χ1) is 11.7. The van der Waals surface area contributed by atoms with Crippen LogP contribution in [-0.2, 0) is 19.0 Å². The molecule has 8 heteroatoms. The Balaban J connectivity index is 1.80. The number of halogens is 1. The van der Waals surface area contributed by atoms with Crippen molar-refractivity contribution in [2.24, 2.45) is 0 Å². The second-order valence-electron chi connectivity index (χ2n) is 6.62. The third kappa shape index (κ3) is 4.24. The van der Waals surface area contributed by atoms with Crippen LogP contribution in [0.2, 0.25) is 5.02 Å². The number of aliphatic hydroxyl groups excluding tert-OH is 1. The predicted octanol–water partition coefficient (Wildman–Crippen LogP) is 1.46. The SMILES string of the molecule is CC(=O)N[C@@H]1[C@@H](Oc2ccc(Cl)cc2)O[C@H]2COC(C)(C)O[C@H]2[C@H]1O. The highest BCUT2D eigenvalue weighted by Gasteiger charge is 2.52. The predicted molar refractivity (Wildman–Crippen MR) is 89.3 cm³/mol. The lowest BCUT2D eigenvalue weighted by molar-refractivity contribution is -0.361. The lowest BCUT2D eigenvalue weighted by atomic mass is 9.95. The maximum atomic E-state index is 11.6. The molecule has 1 aromatic rings. The number of benzene rings is 1. The average Bonchev–Trinajstić information content (AvgIpc) is 2.53. The number of carbonyl (C=O) groups is 1. The summed E-state index contributed by atoms with van der Waals surface area (Å²) in [6.07, 6.45) is -3.05. The Morgan fingerprint density at radius 3 is 2.68 bits per heavy atom. The zero-order valence-electron chi connectivity index (χ0n) is 14.3. The molecule has 0 aliphatic carbocycles. The van der Waals surface area contributed by atoms with Crippen LogP contribution >= 0.6 is 11.6 Å². The average molecular weight is 372 g/mol. The van der Waals surface area contributed by atoms with E-state index in [2.05, 4.69) is 5.32 Å². The molecule has 0 bridgehead atoms. The summed E-state index contributed by atoms with van der Waals surface area (Å²) in [5.41, 5.74) is 0. The van der Waals surface area contributed by atoms with Crippen LogP contribution in [0, 0.1) is 0 Å². The number of carbonyl (C=O) groups excluding carboxylic acids is 1. The molecule has 0 aromatic heterocycles. The van der Waals surface area contributed by atoms with Gasteiger partial charge in [0.2, 0.25) is 12.2 Å². The fourth-order valence-corrected chi connectivity index (χ4v) is 3.11. The molecule has 2 N–H and O–H groups in total. The Kier molecular flexibility index (Phi) is 5.22. The number of nitrogens with one attached hydrogen (secondary N) is 1. The molecule has 2 aliphatic rings. The molecule has 0 saturated carbocycles. The van der Waals surface area contributed by atoms with Gasteiger partial charge in [0, 0.05) is 11.9 Å². The standard InChI is InChI=1S/C17H22ClNO6/c1-9(20)19-13-14(21)15-12(8-22-17(2,3)25-15)24-16(13)23-11-6-4-10(18)5-7-11/h4-7,12-16,21H,8H2,1-3H3,(H,19,20)/t12-,13-,14-,15+,16-/m0/s1. The van der Waals surface area contributed by atoms with Crippen molar-refractivity contribution in [1.29, 1.82) is 0 Å². The Bertz CT molecular complexity index is 622.